The Morgan fingerprint density at radius 2 is 0.597 bits per heavy atom. The number of rotatable bonds is 5. The molecule has 4 atom stereocenters. The Balaban J connectivity index is 0.000000106. The van der Waals surface area contributed by atoms with Crippen molar-refractivity contribution in [3.05, 3.63) is 277 Å². The maximum atomic E-state index is 14.2. The van der Waals surface area contributed by atoms with Gasteiger partial charge in [0.2, 0.25) is 23.5 Å². The molecule has 1 aromatic carbocycles. The topological polar surface area (TPSA) is 325 Å². The third kappa shape index (κ3) is 17.4. The van der Waals surface area contributed by atoms with E-state index in [0.717, 1.165) is 244 Å². The number of pyridine rings is 4. The highest BCUT2D eigenvalue weighted by atomic mass is 19.1. The second-order valence-corrected chi connectivity index (χ2v) is 38.1. The van der Waals surface area contributed by atoms with E-state index in [0.29, 0.717) is 63.0 Å². The van der Waals surface area contributed by atoms with Crippen molar-refractivity contribution in [3.8, 4) is 29.3 Å². The lowest BCUT2D eigenvalue weighted by atomic mass is 10.0. The number of fused-ring (bicyclic) bond motifs is 15. The van der Waals surface area contributed by atoms with Gasteiger partial charge in [0.15, 0.2) is 28.2 Å². The molecule has 5 fully saturated rings. The molecule has 34 nitrogen and oxygen atoms in total. The number of benzene rings is 1. The van der Waals surface area contributed by atoms with Crippen LogP contribution in [0.3, 0.4) is 0 Å². The summed E-state index contributed by atoms with van der Waals surface area (Å²) < 4.78 is 110. The molecule has 39 heteroatoms. The minimum absolute atomic E-state index is 0.0291. The van der Waals surface area contributed by atoms with E-state index in [4.69, 9.17) is 48.6 Å². The second-order valence-electron chi connectivity index (χ2n) is 38.1. The van der Waals surface area contributed by atoms with E-state index in [1.165, 1.54) is 30.9 Å². The molecule has 14 aromatic heterocycles. The van der Waals surface area contributed by atoms with E-state index in [1.54, 1.807) is 90.0 Å². The molecule has 19 heterocycles. The Morgan fingerprint density at radius 3 is 0.896 bits per heavy atom. The predicted octanol–water partition coefficient (Wildman–Crippen LogP) is 15.8. The standard InChI is InChI=1S/4C21H23FN6O.C21H22FN5O/c2*1-4-27-18-5-8-28-19(26-18)16(11-24-28)14(3)25-13(2)12-29-20-17(21(27)6-7-21)9-15(22)10-23-20;2*1-4-27-18-5-8-28-19(26-18)16(12-25-28)14(3)23-10-13(2)29-20-17(21(27)6-7-21)9-15(22)11-24-20;1-3-26-19-6-10-27-20(25-19)16(13-24-27)14(2)23-9-11-28-18-5-4-15(22)12-17(18)21(26)7-8-21/h2*5,8-11,13,25H,3-4,6-7,12H2,1-2H3;2*5,8-9,11-13,23H,3-4,6-7,10H2,1-2H3;4-6,10,12-13,23H,2-3,7-9,11H2,1H3/t4*13-;/m1010./s1. The number of aromatic nitrogens is 19. The molecule has 744 valence electrons. The average molecular weight is 1960 g/mol. The maximum absolute atomic E-state index is 14.2. The van der Waals surface area contributed by atoms with Gasteiger partial charge in [0.25, 0.3) is 0 Å². The quantitative estimate of drug-likeness (QED) is 0.1000. The van der Waals surface area contributed by atoms with Gasteiger partial charge in [0.1, 0.15) is 96.0 Å². The third-order valence-corrected chi connectivity index (χ3v) is 28.6. The molecule has 10 aliphatic rings. The molecule has 144 heavy (non-hydrogen) atoms. The number of anilines is 5. The molecule has 0 saturated heterocycles. The molecular formula is C105H114F5N29O5. The largest absolute Gasteiger partial charge is 0.491 e. The molecule has 5 aliphatic heterocycles. The molecule has 0 unspecified atom stereocenters. The molecule has 10 bridgehead atoms. The minimum atomic E-state index is -0.372. The Labute approximate surface area is 828 Å². The molecule has 5 aliphatic carbocycles. The van der Waals surface area contributed by atoms with Crippen molar-refractivity contribution < 1.29 is 45.6 Å². The van der Waals surface area contributed by atoms with E-state index in [2.05, 4.69) is 164 Å². The van der Waals surface area contributed by atoms with Gasteiger partial charge in [-0.2, -0.15) is 25.5 Å². The van der Waals surface area contributed by atoms with Crippen LogP contribution in [0.4, 0.5) is 51.0 Å². The Bertz CT molecular complexity index is 7170. The summed E-state index contributed by atoms with van der Waals surface area (Å²) in [5.41, 5.74) is 13.9. The van der Waals surface area contributed by atoms with Crippen molar-refractivity contribution in [2.75, 3.05) is 96.7 Å². The minimum Gasteiger partial charge on any atom is -0.491 e. The molecule has 0 radical (unpaired) electrons. The van der Waals surface area contributed by atoms with E-state index in [1.807, 2.05) is 89.0 Å². The van der Waals surface area contributed by atoms with Crippen LogP contribution in [0.5, 0.6) is 29.3 Å². The van der Waals surface area contributed by atoms with Crippen molar-refractivity contribution in [1.29, 1.82) is 0 Å². The van der Waals surface area contributed by atoms with Crippen LogP contribution in [0.15, 0.2) is 192 Å². The van der Waals surface area contributed by atoms with Crippen LogP contribution < -0.4 is 74.8 Å². The second kappa shape index (κ2) is 37.6. The van der Waals surface area contributed by atoms with E-state index < -0.39 is 0 Å². The first-order valence-corrected chi connectivity index (χ1v) is 49.2. The molecule has 5 spiro atoms. The van der Waals surface area contributed by atoms with Gasteiger partial charge in [-0.15, -0.1) is 0 Å². The summed E-state index contributed by atoms with van der Waals surface area (Å²) in [5.74, 6) is 5.05. The first kappa shape index (κ1) is 94.5. The molecule has 15 aromatic rings. The average Bonchev–Trinajstić information content (AvgIpc) is 1.58. The fraction of sp³-hybridized carbons (Fsp3) is 0.371. The van der Waals surface area contributed by atoms with E-state index in [9.17, 15) is 22.0 Å². The van der Waals surface area contributed by atoms with E-state index >= 15 is 0 Å². The zero-order valence-corrected chi connectivity index (χ0v) is 81.9. The van der Waals surface area contributed by atoms with Crippen molar-refractivity contribution in [1.82, 2.24) is 120 Å². The van der Waals surface area contributed by atoms with E-state index in [-0.39, 0.29) is 81.1 Å². The summed E-state index contributed by atoms with van der Waals surface area (Å²) in [6.45, 7) is 45.6. The van der Waals surface area contributed by atoms with Gasteiger partial charge >= 0.3 is 0 Å². The summed E-state index contributed by atoms with van der Waals surface area (Å²) in [6.07, 6.45) is 31.8. The van der Waals surface area contributed by atoms with Crippen LogP contribution in [-0.2, 0) is 27.7 Å². The molecule has 25 rings (SSSR count). The Kier molecular flexibility index (Phi) is 24.7. The fourth-order valence-electron chi connectivity index (χ4n) is 20.9. The van der Waals surface area contributed by atoms with Gasteiger partial charge in [0, 0.05) is 127 Å². The lowest BCUT2D eigenvalue weighted by Gasteiger charge is -2.33. The van der Waals surface area contributed by atoms with Crippen LogP contribution in [-0.4, -0.2) is 189 Å². The fourth-order valence-corrected chi connectivity index (χ4v) is 20.9. The number of nitrogens with one attached hydrogen (secondary N) is 5. The SMILES string of the molecule is C=C1NCCOc2ccc(F)cc2C2(CC2)N(CC)c2ccn3ncc1c3n2.C=C1NC[C@@H](C)Oc2ncc(F)cc2C2(CC2)N(CC)c2ccn3ncc1c3n2.C=C1NC[C@H](C)Oc2ncc(F)cc2C2(CC2)N(CC)c2ccn3ncc1c3n2.C=C1N[C@@H](C)COc2ncc(F)cc2C2(CC2)N(CC)c2ccn3ncc1c3n2.C=C1N[C@H](C)COc2ncc(F)cc2C2(CC2)N(CC)c2ccn3ncc1c3n2. The first-order valence-electron chi connectivity index (χ1n) is 49.2. The smallest absolute Gasteiger partial charge is 0.219 e. The molecular weight excluding hydrogens is 1840 g/mol. The summed E-state index contributed by atoms with van der Waals surface area (Å²) >= 11 is 0. The third-order valence-electron chi connectivity index (χ3n) is 28.6. The van der Waals surface area contributed by atoms with Crippen LogP contribution in [0, 0.1) is 29.1 Å². The summed E-state index contributed by atoms with van der Waals surface area (Å²) in [7, 11) is 0. The van der Waals surface area contributed by atoms with Gasteiger partial charge < -0.3 is 74.8 Å². The van der Waals surface area contributed by atoms with Crippen molar-refractivity contribution >= 4 is 85.8 Å². The lowest BCUT2D eigenvalue weighted by molar-refractivity contribution is 0.209. The number of hydrogen-bond acceptors (Lipinski definition) is 29. The highest BCUT2D eigenvalue weighted by Crippen LogP contribution is 2.60. The van der Waals surface area contributed by atoms with Gasteiger partial charge in [-0.1, -0.05) is 32.9 Å². The molecule has 5 saturated carbocycles. The lowest BCUT2D eigenvalue weighted by Crippen LogP contribution is -2.37. The number of hydrogen-bond donors (Lipinski definition) is 5. The Morgan fingerprint density at radius 1 is 0.326 bits per heavy atom. The number of nitrogens with zero attached hydrogens (tertiary/aromatic N) is 24. The Hall–Kier alpha value is -15.7. The van der Waals surface area contributed by atoms with Gasteiger partial charge in [-0.3, -0.25) is 0 Å². The monoisotopic (exact) mass is 1960 g/mol. The zero-order valence-electron chi connectivity index (χ0n) is 81.9. The normalized spacial score (nSPS) is 20.0. The van der Waals surface area contributed by atoms with Crippen molar-refractivity contribution in [3.63, 3.8) is 0 Å². The highest BCUT2D eigenvalue weighted by molar-refractivity contribution is 5.79. The van der Waals surface area contributed by atoms with Crippen LogP contribution in [0.2, 0.25) is 0 Å². The first-order chi connectivity index (χ1) is 69.7. The van der Waals surface area contributed by atoms with Gasteiger partial charge in [0.05, 0.1) is 136 Å². The number of ether oxygens (including phenoxy) is 5. The van der Waals surface area contributed by atoms with Gasteiger partial charge in [-0.25, -0.2) is 89.4 Å². The highest BCUT2D eigenvalue weighted by Gasteiger charge is 2.57. The van der Waals surface area contributed by atoms with Crippen LogP contribution in [0.1, 0.15) is 182 Å². The summed E-state index contributed by atoms with van der Waals surface area (Å²) in [4.78, 5) is 52.8. The summed E-state index contributed by atoms with van der Waals surface area (Å²) in [6, 6.07) is 20.7. The zero-order chi connectivity index (χ0) is 100.0. The maximum Gasteiger partial charge on any atom is 0.219 e. The van der Waals surface area contributed by atoms with Crippen LogP contribution >= 0.6 is 0 Å². The van der Waals surface area contributed by atoms with Crippen molar-refractivity contribution in [2.45, 2.75) is 179 Å². The predicted molar refractivity (Wildman–Crippen MR) is 539 cm³/mol. The number of halogens is 5. The molecule has 0 amide bonds. The summed E-state index contributed by atoms with van der Waals surface area (Å²) in [5, 5.41) is 38.6. The molecule has 5 N–H and O–H groups in total. The van der Waals surface area contributed by atoms with Crippen LogP contribution in [0.25, 0.3) is 56.7 Å². The van der Waals surface area contributed by atoms with Gasteiger partial charge in [-0.05, 0) is 199 Å². The van der Waals surface area contributed by atoms with Crippen molar-refractivity contribution in [2.24, 2.45) is 0 Å².